The van der Waals surface area contributed by atoms with Crippen molar-refractivity contribution >= 4 is 54.1 Å². The lowest BCUT2D eigenvalue weighted by molar-refractivity contribution is 0.307. The largest absolute Gasteiger partial charge is 0.345 e. The Kier molecular flexibility index (Phi) is 4.06. The van der Waals surface area contributed by atoms with E-state index in [1.807, 2.05) is 22.7 Å². The molecular weight excluding hydrogens is 434 g/mol. The molecule has 0 bridgehead atoms. The predicted molar refractivity (Wildman–Crippen MR) is 134 cm³/mol. The maximum absolute atomic E-state index is 4.88. The van der Waals surface area contributed by atoms with Crippen LogP contribution in [0, 0.1) is 0 Å². The topological polar surface area (TPSA) is 60.6 Å². The van der Waals surface area contributed by atoms with Crippen LogP contribution in [-0.4, -0.2) is 38.4 Å². The summed E-state index contributed by atoms with van der Waals surface area (Å²) in [6.07, 6.45) is 4.17. The quantitative estimate of drug-likeness (QED) is 0.308. The molecule has 0 radical (unpaired) electrons. The molecule has 1 aliphatic heterocycles. The van der Waals surface area contributed by atoms with Gasteiger partial charge in [-0.05, 0) is 74.0 Å². The Morgan fingerprint density at radius 2 is 1.62 bits per heavy atom. The molecule has 158 valence electrons. The molecule has 5 nitrogen and oxygen atoms in total. The van der Waals surface area contributed by atoms with Gasteiger partial charge in [0, 0.05) is 19.2 Å². The number of H-pyrrole nitrogens is 2. The molecule has 1 fully saturated rings. The van der Waals surface area contributed by atoms with Gasteiger partial charge in [-0.2, -0.15) is 0 Å². The molecule has 2 N–H and O–H groups in total. The van der Waals surface area contributed by atoms with E-state index in [2.05, 4.69) is 75.4 Å². The van der Waals surface area contributed by atoms with Gasteiger partial charge < -0.3 is 9.97 Å². The van der Waals surface area contributed by atoms with Gasteiger partial charge in [0.05, 0.1) is 34.4 Å². The number of benzene rings is 2. The Morgan fingerprint density at radius 1 is 0.906 bits per heavy atom. The normalized spacial score (nSPS) is 17.3. The van der Waals surface area contributed by atoms with Gasteiger partial charge in [0.15, 0.2) is 0 Å². The Bertz CT molecular complexity index is 1570. The second kappa shape index (κ2) is 7.00. The lowest BCUT2D eigenvalue weighted by Crippen LogP contribution is -2.18. The summed E-state index contributed by atoms with van der Waals surface area (Å²) in [4.78, 5) is 21.0. The molecule has 1 aliphatic rings. The maximum Gasteiger partial charge on any atom is 0.124 e. The summed E-state index contributed by atoms with van der Waals surface area (Å²) in [5, 5.41) is 0. The third-order valence-electron chi connectivity index (χ3n) is 6.53. The number of nitrogens with one attached hydrogen (secondary N) is 2. The van der Waals surface area contributed by atoms with Gasteiger partial charge in [0.1, 0.15) is 5.82 Å². The third-order valence-corrected chi connectivity index (χ3v) is 8.92. The van der Waals surface area contributed by atoms with Crippen LogP contribution in [-0.2, 0) is 0 Å². The van der Waals surface area contributed by atoms with E-state index in [0.29, 0.717) is 6.04 Å². The number of hydrogen-bond donors (Lipinski definition) is 2. The molecule has 7 heteroatoms. The van der Waals surface area contributed by atoms with Crippen molar-refractivity contribution in [2.24, 2.45) is 0 Å². The smallest absolute Gasteiger partial charge is 0.124 e. The zero-order chi connectivity index (χ0) is 21.2. The average molecular weight is 456 g/mol. The zero-order valence-corrected chi connectivity index (χ0v) is 19.2. The Balaban J connectivity index is 1.23. The summed E-state index contributed by atoms with van der Waals surface area (Å²) >= 11 is 3.71. The van der Waals surface area contributed by atoms with Crippen molar-refractivity contribution in [3.63, 3.8) is 0 Å². The van der Waals surface area contributed by atoms with Gasteiger partial charge in [-0.15, -0.1) is 22.7 Å². The van der Waals surface area contributed by atoms with Gasteiger partial charge >= 0.3 is 0 Å². The number of nitrogens with zero attached hydrogens (tertiary/aromatic N) is 3. The zero-order valence-electron chi connectivity index (χ0n) is 17.6. The van der Waals surface area contributed by atoms with E-state index in [4.69, 9.17) is 4.98 Å². The van der Waals surface area contributed by atoms with Gasteiger partial charge in [-0.25, -0.2) is 9.97 Å². The Labute approximate surface area is 192 Å². The lowest BCUT2D eigenvalue weighted by Gasteiger charge is -2.16. The van der Waals surface area contributed by atoms with E-state index in [-0.39, 0.29) is 0 Å². The van der Waals surface area contributed by atoms with Gasteiger partial charge in [0.25, 0.3) is 0 Å². The molecule has 7 rings (SSSR count). The van der Waals surface area contributed by atoms with E-state index in [9.17, 15) is 0 Å². The van der Waals surface area contributed by atoms with Crippen LogP contribution in [0.3, 0.4) is 0 Å². The van der Waals surface area contributed by atoms with E-state index in [1.165, 1.54) is 43.1 Å². The Hall–Kier alpha value is -3.00. The number of thiophene rings is 2. The van der Waals surface area contributed by atoms with Crippen molar-refractivity contribution < 1.29 is 0 Å². The number of hydrogen-bond acceptors (Lipinski definition) is 5. The van der Waals surface area contributed by atoms with Gasteiger partial charge in [-0.1, -0.05) is 12.1 Å². The molecule has 0 spiro atoms. The van der Waals surface area contributed by atoms with Crippen LogP contribution >= 0.6 is 22.7 Å². The predicted octanol–water partition coefficient (Wildman–Crippen LogP) is 6.82. The molecular formula is C25H21N5S2. The number of likely N-dealkylation sites (tertiary alicyclic amines) is 1. The molecule has 32 heavy (non-hydrogen) atoms. The highest BCUT2D eigenvalue weighted by Gasteiger charge is 2.25. The number of aromatic amines is 2. The first-order valence-corrected chi connectivity index (χ1v) is 12.5. The minimum atomic E-state index is 0.414. The van der Waals surface area contributed by atoms with E-state index in [0.717, 1.165) is 34.4 Å². The summed E-state index contributed by atoms with van der Waals surface area (Å²) in [6, 6.07) is 18.1. The van der Waals surface area contributed by atoms with Crippen LogP contribution in [0.25, 0.3) is 52.3 Å². The first-order valence-electron chi connectivity index (χ1n) is 10.9. The fraction of sp³-hybridized carbons (Fsp3) is 0.200. The van der Waals surface area contributed by atoms with Crippen LogP contribution in [0.1, 0.15) is 24.7 Å². The minimum absolute atomic E-state index is 0.414. The molecule has 2 aromatic carbocycles. The summed E-state index contributed by atoms with van der Waals surface area (Å²) in [7, 11) is 2.19. The highest BCUT2D eigenvalue weighted by molar-refractivity contribution is 7.31. The number of rotatable bonds is 3. The molecule has 0 unspecified atom stereocenters. The van der Waals surface area contributed by atoms with Crippen LogP contribution in [0.15, 0.2) is 54.9 Å². The molecule has 5 heterocycles. The van der Waals surface area contributed by atoms with E-state index in [1.54, 1.807) is 6.33 Å². The highest BCUT2D eigenvalue weighted by atomic mass is 32.1. The molecule has 6 aromatic rings. The van der Waals surface area contributed by atoms with Crippen molar-refractivity contribution in [3.05, 3.63) is 60.7 Å². The SMILES string of the molecule is CN1CCC[C@H]1c1nc2ccc(-c3cc4sc(-c5ccc6nc[nH]c6c5)cc4s3)cc2[nH]1. The third kappa shape index (κ3) is 2.92. The van der Waals surface area contributed by atoms with Crippen molar-refractivity contribution in [2.75, 3.05) is 13.6 Å². The summed E-state index contributed by atoms with van der Waals surface area (Å²) < 4.78 is 2.67. The van der Waals surface area contributed by atoms with E-state index < -0.39 is 0 Å². The number of imidazole rings is 2. The Morgan fingerprint density at radius 3 is 2.34 bits per heavy atom. The monoisotopic (exact) mass is 455 g/mol. The number of aromatic nitrogens is 4. The van der Waals surface area contributed by atoms with E-state index >= 15 is 0 Å². The molecule has 4 aromatic heterocycles. The summed E-state index contributed by atoms with van der Waals surface area (Å²) in [5.74, 6) is 1.10. The molecule has 1 atom stereocenters. The summed E-state index contributed by atoms with van der Waals surface area (Å²) in [5.41, 5.74) is 6.76. The second-order valence-corrected chi connectivity index (χ2v) is 10.7. The van der Waals surface area contributed by atoms with Crippen LogP contribution < -0.4 is 0 Å². The minimum Gasteiger partial charge on any atom is -0.345 e. The molecule has 0 saturated carbocycles. The van der Waals surface area contributed by atoms with Crippen molar-refractivity contribution in [1.82, 2.24) is 24.8 Å². The maximum atomic E-state index is 4.88. The highest BCUT2D eigenvalue weighted by Crippen LogP contribution is 2.42. The lowest BCUT2D eigenvalue weighted by atomic mass is 10.1. The molecule has 1 saturated heterocycles. The first kappa shape index (κ1) is 18.6. The fourth-order valence-electron chi connectivity index (χ4n) is 4.81. The van der Waals surface area contributed by atoms with Crippen LogP contribution in [0.5, 0.6) is 0 Å². The van der Waals surface area contributed by atoms with Crippen molar-refractivity contribution in [2.45, 2.75) is 18.9 Å². The van der Waals surface area contributed by atoms with Crippen LogP contribution in [0.2, 0.25) is 0 Å². The second-order valence-electron chi connectivity index (χ2n) is 8.58. The first-order chi connectivity index (χ1) is 15.7. The molecule has 0 amide bonds. The fourth-order valence-corrected chi connectivity index (χ4v) is 7.19. The average Bonchev–Trinajstić information content (AvgIpc) is 3.59. The standard InChI is InChI=1S/C25H21N5S2/c1-30-8-2-3-20(30)25-28-17-7-5-15(10-19(17)29-25)22-12-24-23(32-22)11-21(31-24)14-4-6-16-18(9-14)27-13-26-16/h4-7,9-13,20H,2-3,8H2,1H3,(H,26,27)(H,28,29)/t20-/m0/s1. The van der Waals surface area contributed by atoms with Crippen molar-refractivity contribution in [1.29, 1.82) is 0 Å². The summed E-state index contributed by atoms with van der Waals surface area (Å²) in [6.45, 7) is 1.15. The van der Waals surface area contributed by atoms with Crippen LogP contribution in [0.4, 0.5) is 0 Å². The van der Waals surface area contributed by atoms with Gasteiger partial charge in [0.2, 0.25) is 0 Å². The molecule has 0 aliphatic carbocycles. The number of fused-ring (bicyclic) bond motifs is 3. The van der Waals surface area contributed by atoms with Gasteiger partial charge in [-0.3, -0.25) is 4.90 Å². The van der Waals surface area contributed by atoms with Crippen molar-refractivity contribution in [3.8, 4) is 20.9 Å².